The van der Waals surface area contributed by atoms with Gasteiger partial charge in [0.05, 0.1) is 10.9 Å². The molecule has 30 heavy (non-hydrogen) atoms. The topological polar surface area (TPSA) is 49.8 Å². The largest absolute Gasteiger partial charge is 0.353 e. The number of benzene rings is 1. The molecule has 1 fully saturated rings. The summed E-state index contributed by atoms with van der Waals surface area (Å²) in [6, 6.07) is 2.80. The number of imidazole rings is 1. The van der Waals surface area contributed by atoms with Crippen molar-refractivity contribution in [3.63, 3.8) is 0 Å². The van der Waals surface area contributed by atoms with Gasteiger partial charge in [0.2, 0.25) is 5.91 Å². The summed E-state index contributed by atoms with van der Waals surface area (Å²) in [5, 5.41) is 3.14. The molecular formula is C22H26BrF2N3OS. The molecule has 8 heteroatoms. The van der Waals surface area contributed by atoms with Crippen LogP contribution in [0.25, 0.3) is 0 Å². The van der Waals surface area contributed by atoms with Crippen molar-refractivity contribution in [1.29, 1.82) is 0 Å². The first-order valence-corrected chi connectivity index (χ1v) is 11.8. The third kappa shape index (κ3) is 4.26. The number of aromatic nitrogens is 2. The Kier molecular flexibility index (Phi) is 6.44. The summed E-state index contributed by atoms with van der Waals surface area (Å²) in [7, 11) is 0. The molecule has 1 aromatic heterocycles. The quantitative estimate of drug-likeness (QED) is 0.419. The van der Waals surface area contributed by atoms with Crippen LogP contribution in [0.3, 0.4) is 0 Å². The standard InChI is InChI=1S/C22H26BrF2N3OS/c1-12(13-5-3-2-4-6-13)26-19(29)10-17-18-9-14(11-28(18)22(30)27-17)20-16(24)8-7-15(23)21(20)25/h7-8,12-14H,2-6,9-11H2,1H3,(H,26,29)(H,27,30)/t12-,14+/m1/s1. The van der Waals surface area contributed by atoms with E-state index in [4.69, 9.17) is 12.2 Å². The Labute approximate surface area is 188 Å². The number of nitrogens with one attached hydrogen (secondary N) is 2. The van der Waals surface area contributed by atoms with Crippen LogP contribution in [0.1, 0.15) is 61.9 Å². The smallest absolute Gasteiger partial charge is 0.226 e. The Balaban J connectivity index is 1.48. The van der Waals surface area contributed by atoms with E-state index in [2.05, 4.69) is 33.2 Å². The molecule has 1 aliphatic carbocycles. The second-order valence-electron chi connectivity index (χ2n) is 8.55. The fourth-order valence-electron chi connectivity index (χ4n) is 4.97. The van der Waals surface area contributed by atoms with Crippen LogP contribution < -0.4 is 5.32 Å². The molecule has 1 aliphatic heterocycles. The summed E-state index contributed by atoms with van der Waals surface area (Å²) in [5.74, 6) is -0.983. The minimum atomic E-state index is -0.568. The summed E-state index contributed by atoms with van der Waals surface area (Å²) >= 11 is 8.56. The molecule has 2 N–H and O–H groups in total. The molecular weight excluding hydrogens is 472 g/mol. The fraction of sp³-hybridized carbons (Fsp3) is 0.545. The maximum absolute atomic E-state index is 14.6. The zero-order valence-corrected chi connectivity index (χ0v) is 19.3. The summed E-state index contributed by atoms with van der Waals surface area (Å²) in [5.41, 5.74) is 1.68. The van der Waals surface area contributed by atoms with Gasteiger partial charge < -0.3 is 14.9 Å². The van der Waals surface area contributed by atoms with Crippen molar-refractivity contribution in [2.75, 3.05) is 0 Å². The molecule has 2 atom stereocenters. The van der Waals surface area contributed by atoms with Gasteiger partial charge in [-0.3, -0.25) is 4.79 Å². The molecule has 1 amide bonds. The van der Waals surface area contributed by atoms with Crippen LogP contribution >= 0.6 is 28.1 Å². The van der Waals surface area contributed by atoms with Crippen molar-refractivity contribution in [3.05, 3.63) is 50.0 Å². The molecule has 2 aliphatic rings. The van der Waals surface area contributed by atoms with Crippen molar-refractivity contribution >= 4 is 34.1 Å². The third-order valence-corrected chi connectivity index (χ3v) is 7.53. The number of hydrogen-bond acceptors (Lipinski definition) is 2. The van der Waals surface area contributed by atoms with Gasteiger partial charge in [-0.15, -0.1) is 0 Å². The van der Waals surface area contributed by atoms with Crippen molar-refractivity contribution in [2.45, 2.75) is 70.4 Å². The van der Waals surface area contributed by atoms with Gasteiger partial charge in [-0.2, -0.15) is 0 Å². The van der Waals surface area contributed by atoms with E-state index in [9.17, 15) is 13.6 Å². The second kappa shape index (κ2) is 8.91. The molecule has 2 heterocycles. The van der Waals surface area contributed by atoms with Crippen molar-refractivity contribution < 1.29 is 13.6 Å². The summed E-state index contributed by atoms with van der Waals surface area (Å²) in [6.07, 6.45) is 6.71. The Morgan fingerprint density at radius 2 is 2.07 bits per heavy atom. The van der Waals surface area contributed by atoms with E-state index in [-0.39, 0.29) is 34.3 Å². The normalized spacial score (nSPS) is 20.2. The van der Waals surface area contributed by atoms with E-state index in [1.165, 1.54) is 31.4 Å². The Morgan fingerprint density at radius 3 is 2.80 bits per heavy atom. The van der Waals surface area contributed by atoms with Crippen molar-refractivity contribution in [2.24, 2.45) is 5.92 Å². The van der Waals surface area contributed by atoms with E-state index in [1.807, 2.05) is 4.57 Å². The van der Waals surface area contributed by atoms with E-state index < -0.39 is 11.6 Å². The molecule has 1 saturated carbocycles. The number of fused-ring (bicyclic) bond motifs is 1. The summed E-state index contributed by atoms with van der Waals surface area (Å²) < 4.78 is 31.6. The number of nitrogens with zero attached hydrogens (tertiary/aromatic N) is 1. The molecule has 4 rings (SSSR count). The van der Waals surface area contributed by atoms with Gasteiger partial charge in [-0.05, 0) is 72.4 Å². The minimum absolute atomic E-state index is 0.0454. The highest BCUT2D eigenvalue weighted by atomic mass is 79.9. The highest BCUT2D eigenvalue weighted by Crippen LogP contribution is 2.36. The average Bonchev–Trinajstić information content (AvgIpc) is 3.27. The lowest BCUT2D eigenvalue weighted by molar-refractivity contribution is -0.121. The first-order valence-electron chi connectivity index (χ1n) is 10.6. The Morgan fingerprint density at radius 1 is 1.33 bits per heavy atom. The maximum atomic E-state index is 14.6. The summed E-state index contributed by atoms with van der Waals surface area (Å²) in [4.78, 5) is 15.8. The number of halogens is 3. The van der Waals surface area contributed by atoms with Crippen LogP contribution in [0.5, 0.6) is 0 Å². The van der Waals surface area contributed by atoms with Gasteiger partial charge >= 0.3 is 0 Å². The number of rotatable bonds is 5. The predicted molar refractivity (Wildman–Crippen MR) is 118 cm³/mol. The Bertz CT molecular complexity index is 1010. The van der Waals surface area contributed by atoms with Crippen LogP contribution in [0.2, 0.25) is 0 Å². The predicted octanol–water partition coefficient (Wildman–Crippen LogP) is 5.55. The van der Waals surface area contributed by atoms with Gasteiger partial charge in [0, 0.05) is 35.5 Å². The van der Waals surface area contributed by atoms with Crippen molar-refractivity contribution in [1.82, 2.24) is 14.9 Å². The SMILES string of the molecule is C[C@@H](NC(=O)Cc1[nH]c(=S)n2c1C[C@H](c1c(F)ccc(Br)c1F)C2)C1CCCCC1. The molecule has 0 saturated heterocycles. The Hall–Kier alpha value is -1.54. The van der Waals surface area contributed by atoms with E-state index in [0.717, 1.165) is 24.2 Å². The lowest BCUT2D eigenvalue weighted by Gasteiger charge is -2.28. The van der Waals surface area contributed by atoms with E-state index >= 15 is 0 Å². The lowest BCUT2D eigenvalue weighted by Crippen LogP contribution is -2.39. The van der Waals surface area contributed by atoms with E-state index in [0.29, 0.717) is 23.7 Å². The molecule has 0 spiro atoms. The van der Waals surface area contributed by atoms with Gasteiger partial charge in [0.1, 0.15) is 11.6 Å². The minimum Gasteiger partial charge on any atom is -0.353 e. The lowest BCUT2D eigenvalue weighted by atomic mass is 9.84. The highest BCUT2D eigenvalue weighted by molar-refractivity contribution is 9.10. The molecule has 0 radical (unpaired) electrons. The van der Waals surface area contributed by atoms with Crippen LogP contribution in [-0.4, -0.2) is 21.5 Å². The third-order valence-electron chi connectivity index (χ3n) is 6.59. The molecule has 2 aromatic rings. The number of aromatic amines is 1. The molecule has 4 nitrogen and oxygen atoms in total. The molecule has 0 unspecified atom stereocenters. The first kappa shape index (κ1) is 21.7. The number of carbonyl (C=O) groups is 1. The molecule has 0 bridgehead atoms. The van der Waals surface area contributed by atoms with Gasteiger partial charge in [0.25, 0.3) is 0 Å². The van der Waals surface area contributed by atoms with Crippen LogP contribution in [0.15, 0.2) is 16.6 Å². The summed E-state index contributed by atoms with van der Waals surface area (Å²) in [6.45, 7) is 2.48. The second-order valence-corrected chi connectivity index (χ2v) is 9.80. The first-order chi connectivity index (χ1) is 14.3. The zero-order valence-electron chi connectivity index (χ0n) is 16.9. The van der Waals surface area contributed by atoms with Crippen molar-refractivity contribution in [3.8, 4) is 0 Å². The number of carbonyl (C=O) groups excluding carboxylic acids is 1. The average molecular weight is 498 g/mol. The van der Waals surface area contributed by atoms with Gasteiger partial charge in [0.15, 0.2) is 4.77 Å². The number of hydrogen-bond donors (Lipinski definition) is 2. The maximum Gasteiger partial charge on any atom is 0.226 e. The molecule has 162 valence electrons. The van der Waals surface area contributed by atoms with Crippen LogP contribution in [0.4, 0.5) is 8.78 Å². The van der Waals surface area contributed by atoms with Crippen LogP contribution in [0, 0.1) is 22.3 Å². The zero-order chi connectivity index (χ0) is 21.4. The van der Waals surface area contributed by atoms with Crippen LogP contribution in [-0.2, 0) is 24.2 Å². The monoisotopic (exact) mass is 497 g/mol. The number of amides is 1. The van der Waals surface area contributed by atoms with E-state index in [1.54, 1.807) is 0 Å². The fourth-order valence-corrected chi connectivity index (χ4v) is 5.63. The van der Waals surface area contributed by atoms with Gasteiger partial charge in [-0.1, -0.05) is 19.3 Å². The number of H-pyrrole nitrogens is 1. The van der Waals surface area contributed by atoms with Gasteiger partial charge in [-0.25, -0.2) is 8.78 Å². The molecule has 1 aromatic carbocycles. The highest BCUT2D eigenvalue weighted by Gasteiger charge is 2.32.